The molecule has 5 atom stereocenters. The summed E-state index contributed by atoms with van der Waals surface area (Å²) in [6.45, 7) is 15.5. The van der Waals surface area contributed by atoms with Crippen molar-refractivity contribution in [3.63, 3.8) is 0 Å². The minimum Gasteiger partial charge on any atom is -0.444 e. The predicted octanol–water partition coefficient (Wildman–Crippen LogP) is 6.02. The first-order valence-electron chi connectivity index (χ1n) is 14.5. The van der Waals surface area contributed by atoms with E-state index in [4.69, 9.17) is 4.74 Å². The molecule has 1 saturated carbocycles. The van der Waals surface area contributed by atoms with Gasteiger partial charge in [-0.15, -0.1) is 0 Å². The molecule has 3 rings (SSSR count). The van der Waals surface area contributed by atoms with E-state index in [2.05, 4.69) is 24.5 Å². The zero-order valence-corrected chi connectivity index (χ0v) is 25.4. The number of hydrogen-bond acceptors (Lipinski definition) is 4. The van der Waals surface area contributed by atoms with Gasteiger partial charge in [0.1, 0.15) is 17.7 Å². The van der Waals surface area contributed by atoms with Gasteiger partial charge in [0.05, 0.1) is 0 Å². The van der Waals surface area contributed by atoms with E-state index in [0.29, 0.717) is 0 Å². The lowest BCUT2D eigenvalue weighted by atomic mass is 9.95. The number of hydrogen-bond donors (Lipinski definition) is 2. The summed E-state index contributed by atoms with van der Waals surface area (Å²) in [6, 6.07) is 13.7. The van der Waals surface area contributed by atoms with E-state index in [9.17, 15) is 14.4 Å². The van der Waals surface area contributed by atoms with E-state index in [1.165, 1.54) is 0 Å². The van der Waals surface area contributed by atoms with Gasteiger partial charge in [-0.25, -0.2) is 4.79 Å². The highest BCUT2D eigenvalue weighted by atomic mass is 16.6. The molecule has 7 nitrogen and oxygen atoms in total. The van der Waals surface area contributed by atoms with Gasteiger partial charge in [0, 0.05) is 18.5 Å². The van der Waals surface area contributed by atoms with Gasteiger partial charge >= 0.3 is 6.09 Å². The van der Waals surface area contributed by atoms with Crippen LogP contribution in [0.5, 0.6) is 0 Å². The van der Waals surface area contributed by atoms with Crippen LogP contribution >= 0.6 is 0 Å². The maximum atomic E-state index is 14.6. The minimum atomic E-state index is -0.904. The van der Waals surface area contributed by atoms with Gasteiger partial charge in [-0.1, -0.05) is 74.4 Å². The van der Waals surface area contributed by atoms with E-state index < -0.39 is 23.8 Å². The normalized spacial score (nSPS) is 18.7. The topological polar surface area (TPSA) is 87.7 Å². The van der Waals surface area contributed by atoms with Crippen molar-refractivity contribution >= 4 is 17.9 Å². The molecule has 218 valence electrons. The molecule has 1 aliphatic carbocycles. The molecule has 2 aromatic carbocycles. The van der Waals surface area contributed by atoms with Crippen LogP contribution in [0.3, 0.4) is 0 Å². The zero-order chi connectivity index (χ0) is 29.6. The molecule has 5 unspecified atom stereocenters. The van der Waals surface area contributed by atoms with Crippen molar-refractivity contribution < 1.29 is 19.1 Å². The lowest BCUT2D eigenvalue weighted by Crippen LogP contribution is -2.55. The highest BCUT2D eigenvalue weighted by Crippen LogP contribution is 2.41. The third-order valence-electron chi connectivity index (χ3n) is 7.31. The van der Waals surface area contributed by atoms with Gasteiger partial charge in [-0.2, -0.15) is 0 Å². The second-order valence-electron chi connectivity index (χ2n) is 12.4. The Morgan fingerprint density at radius 1 is 1.05 bits per heavy atom. The summed E-state index contributed by atoms with van der Waals surface area (Å²) in [6.07, 6.45) is 2.21. The van der Waals surface area contributed by atoms with Crippen LogP contribution in [0.15, 0.2) is 48.5 Å². The van der Waals surface area contributed by atoms with E-state index >= 15 is 0 Å². The van der Waals surface area contributed by atoms with Crippen LogP contribution in [0.2, 0.25) is 0 Å². The zero-order valence-electron chi connectivity index (χ0n) is 25.4. The number of carbonyl (C=O) groups excluding carboxylic acids is 3. The average molecular weight is 550 g/mol. The molecule has 0 spiro atoms. The third kappa shape index (κ3) is 8.57. The summed E-state index contributed by atoms with van der Waals surface area (Å²) < 4.78 is 5.54. The van der Waals surface area contributed by atoms with Crippen LogP contribution in [0.25, 0.3) is 0 Å². The monoisotopic (exact) mass is 549 g/mol. The number of benzene rings is 2. The smallest absolute Gasteiger partial charge is 0.408 e. The standard InChI is InChI=1S/C33H47N3O4/c1-9-13-24(5)34-30(37)29(26-17-16-21(2)18-22(26)3)36(28-19-23(28)4)31(38)27(20-25-14-11-10-12-15-25)35-32(39)40-33(6,7)8/h10-12,14-18,23-24,27-29H,9,13,19-20H2,1-8H3,(H,34,37)(H,35,39). The molecule has 0 aliphatic heterocycles. The van der Waals surface area contributed by atoms with Crippen molar-refractivity contribution in [3.8, 4) is 0 Å². The van der Waals surface area contributed by atoms with Crippen molar-refractivity contribution in [2.45, 2.75) is 111 Å². The first-order chi connectivity index (χ1) is 18.8. The Bertz CT molecular complexity index is 1170. The lowest BCUT2D eigenvalue weighted by molar-refractivity contribution is -0.143. The summed E-state index contributed by atoms with van der Waals surface area (Å²) in [5.74, 6) is -0.236. The van der Waals surface area contributed by atoms with Crippen molar-refractivity contribution in [2.24, 2.45) is 5.92 Å². The van der Waals surface area contributed by atoms with Gasteiger partial charge in [0.25, 0.3) is 0 Å². The first-order valence-corrected chi connectivity index (χ1v) is 14.5. The summed E-state index contributed by atoms with van der Waals surface area (Å²) in [4.78, 5) is 43.3. The number of carbonyl (C=O) groups is 3. The Labute approximate surface area is 240 Å². The van der Waals surface area contributed by atoms with Gasteiger partial charge in [0.15, 0.2) is 0 Å². The van der Waals surface area contributed by atoms with E-state index in [-0.39, 0.29) is 36.2 Å². The van der Waals surface area contributed by atoms with E-state index in [1.54, 1.807) is 25.7 Å². The van der Waals surface area contributed by atoms with Gasteiger partial charge < -0.3 is 20.3 Å². The Hall–Kier alpha value is -3.35. The quantitative estimate of drug-likeness (QED) is 0.359. The van der Waals surface area contributed by atoms with Crippen molar-refractivity contribution in [1.29, 1.82) is 0 Å². The van der Waals surface area contributed by atoms with E-state index in [1.807, 2.05) is 69.3 Å². The second-order valence-corrected chi connectivity index (χ2v) is 12.4. The third-order valence-corrected chi connectivity index (χ3v) is 7.31. The maximum Gasteiger partial charge on any atom is 0.408 e. The predicted molar refractivity (Wildman–Crippen MR) is 159 cm³/mol. The number of rotatable bonds is 11. The molecule has 0 bridgehead atoms. The minimum absolute atomic E-state index is 0.0284. The number of ether oxygens (including phenoxy) is 1. The van der Waals surface area contributed by atoms with Gasteiger partial charge in [0.2, 0.25) is 11.8 Å². The molecule has 7 heteroatoms. The molecular formula is C33H47N3O4. The molecule has 0 aromatic heterocycles. The largest absolute Gasteiger partial charge is 0.444 e. The number of amides is 3. The van der Waals surface area contributed by atoms with Gasteiger partial charge in [-0.3, -0.25) is 9.59 Å². The molecule has 1 aliphatic rings. The Kier molecular flexibility index (Phi) is 10.4. The number of nitrogens with one attached hydrogen (secondary N) is 2. The fourth-order valence-electron chi connectivity index (χ4n) is 5.23. The highest BCUT2D eigenvalue weighted by Gasteiger charge is 2.48. The number of alkyl carbamates (subject to hydrolysis) is 1. The van der Waals surface area contributed by atoms with Crippen molar-refractivity contribution in [2.75, 3.05) is 0 Å². The van der Waals surface area contributed by atoms with Crippen LogP contribution in [0.1, 0.15) is 89.1 Å². The molecule has 2 N–H and O–H groups in total. The van der Waals surface area contributed by atoms with Crippen molar-refractivity contribution in [1.82, 2.24) is 15.5 Å². The fourth-order valence-corrected chi connectivity index (χ4v) is 5.23. The highest BCUT2D eigenvalue weighted by molar-refractivity contribution is 5.93. The fraction of sp³-hybridized carbons (Fsp3) is 0.545. The van der Waals surface area contributed by atoms with Crippen LogP contribution in [-0.2, 0) is 20.7 Å². The molecule has 1 fully saturated rings. The molecule has 0 saturated heterocycles. The number of aryl methyl sites for hydroxylation is 2. The average Bonchev–Trinajstić information content (AvgIpc) is 3.57. The molecule has 40 heavy (non-hydrogen) atoms. The van der Waals surface area contributed by atoms with Crippen LogP contribution in [0.4, 0.5) is 4.79 Å². The van der Waals surface area contributed by atoms with Crippen LogP contribution in [0, 0.1) is 19.8 Å². The summed E-state index contributed by atoms with van der Waals surface area (Å²) in [7, 11) is 0. The molecular weight excluding hydrogens is 502 g/mol. The molecule has 0 radical (unpaired) electrons. The Morgan fingerprint density at radius 2 is 1.70 bits per heavy atom. The SMILES string of the molecule is CCCC(C)NC(=O)C(c1ccc(C)cc1C)N(C(=O)C(Cc1ccccc1)NC(=O)OC(C)(C)C)C1CC1C. The van der Waals surface area contributed by atoms with Crippen LogP contribution < -0.4 is 10.6 Å². The summed E-state index contributed by atoms with van der Waals surface area (Å²) in [5.41, 5.74) is 3.03. The van der Waals surface area contributed by atoms with Crippen LogP contribution in [-0.4, -0.2) is 46.5 Å². The first kappa shape index (κ1) is 31.2. The van der Waals surface area contributed by atoms with E-state index in [0.717, 1.165) is 41.5 Å². The Morgan fingerprint density at radius 3 is 2.25 bits per heavy atom. The Balaban J connectivity index is 2.06. The van der Waals surface area contributed by atoms with Crippen molar-refractivity contribution in [3.05, 3.63) is 70.8 Å². The molecule has 2 aromatic rings. The molecule has 3 amide bonds. The number of nitrogens with zero attached hydrogens (tertiary/aromatic N) is 1. The molecule has 0 heterocycles. The van der Waals surface area contributed by atoms with Gasteiger partial charge in [-0.05, 0) is 77.0 Å². The second kappa shape index (κ2) is 13.3. The summed E-state index contributed by atoms with van der Waals surface area (Å²) in [5, 5.41) is 6.02. The lowest BCUT2D eigenvalue weighted by Gasteiger charge is -2.36. The maximum absolute atomic E-state index is 14.6. The summed E-state index contributed by atoms with van der Waals surface area (Å²) >= 11 is 0.